The largest absolute Gasteiger partial charge is 0.479 e. The van der Waals surface area contributed by atoms with Crippen LogP contribution in [0.5, 0.6) is 0 Å². The van der Waals surface area contributed by atoms with Gasteiger partial charge in [0.05, 0.1) is 5.75 Å². The number of nitrogens with one attached hydrogen (secondary N) is 2. The Labute approximate surface area is 105 Å². The van der Waals surface area contributed by atoms with E-state index in [1.165, 1.54) is 6.92 Å². The molecule has 9 heteroatoms. The number of aliphatic hydroxyl groups is 1. The second kappa shape index (κ2) is 7.17. The third-order valence-corrected chi connectivity index (χ3v) is 3.02. The fourth-order valence-electron chi connectivity index (χ4n) is 1.22. The molecule has 0 aromatic carbocycles. The Bertz CT molecular complexity index is 394. The molecule has 0 aliphatic carbocycles. The number of amides is 2. The Morgan fingerprint density at radius 1 is 1.33 bits per heavy atom. The normalized spacial score (nSPS) is 14.6. The van der Waals surface area contributed by atoms with Crippen LogP contribution in [-0.2, 0) is 14.6 Å². The van der Waals surface area contributed by atoms with Gasteiger partial charge in [0, 0.05) is 25.3 Å². The van der Waals surface area contributed by atoms with E-state index in [9.17, 15) is 18.0 Å². The number of hydrogen-bond donors (Lipinski definition) is 4. The zero-order valence-electron chi connectivity index (χ0n) is 10.2. The van der Waals surface area contributed by atoms with Crippen molar-refractivity contribution >= 4 is 21.8 Å². The Morgan fingerprint density at radius 3 is 2.33 bits per heavy atom. The number of aliphatic hydroxyl groups excluding tert-OH is 1. The van der Waals surface area contributed by atoms with Gasteiger partial charge in [-0.3, -0.25) is 0 Å². The molecule has 0 aliphatic rings. The Morgan fingerprint density at radius 2 is 1.89 bits per heavy atom. The molecule has 0 bridgehead atoms. The molecular weight excluding hydrogens is 264 g/mol. The summed E-state index contributed by atoms with van der Waals surface area (Å²) in [5.41, 5.74) is 0. The number of hydrogen-bond acceptors (Lipinski definition) is 5. The molecule has 18 heavy (non-hydrogen) atoms. The van der Waals surface area contributed by atoms with Crippen LogP contribution in [0.25, 0.3) is 0 Å². The number of carboxylic acid groups (broad SMARTS) is 1. The third-order valence-electron chi connectivity index (χ3n) is 1.92. The molecule has 0 rings (SSSR count). The van der Waals surface area contributed by atoms with Gasteiger partial charge in [-0.1, -0.05) is 0 Å². The summed E-state index contributed by atoms with van der Waals surface area (Å²) in [6.07, 6.45) is -0.589. The molecule has 0 saturated carbocycles. The molecule has 0 aromatic rings. The van der Waals surface area contributed by atoms with Crippen molar-refractivity contribution in [2.45, 2.75) is 25.5 Å². The van der Waals surface area contributed by atoms with Crippen LogP contribution in [-0.4, -0.2) is 61.3 Å². The first-order valence-electron chi connectivity index (χ1n) is 5.25. The lowest BCUT2D eigenvalue weighted by Gasteiger charge is -2.14. The minimum Gasteiger partial charge on any atom is -0.479 e. The molecule has 0 fully saturated rings. The highest BCUT2D eigenvalue weighted by atomic mass is 32.2. The fraction of sp³-hybridized carbons (Fsp3) is 0.778. The monoisotopic (exact) mass is 282 g/mol. The lowest BCUT2D eigenvalue weighted by atomic mass is 10.2. The van der Waals surface area contributed by atoms with Crippen LogP contribution in [0.2, 0.25) is 0 Å². The van der Waals surface area contributed by atoms with Gasteiger partial charge in [-0.25, -0.2) is 18.0 Å². The molecule has 106 valence electrons. The lowest BCUT2D eigenvalue weighted by Crippen LogP contribution is -2.44. The molecule has 0 saturated heterocycles. The van der Waals surface area contributed by atoms with Crippen molar-refractivity contribution in [1.82, 2.24) is 10.6 Å². The van der Waals surface area contributed by atoms with Crippen LogP contribution in [0.1, 0.15) is 13.3 Å². The van der Waals surface area contributed by atoms with E-state index in [2.05, 4.69) is 10.6 Å². The molecule has 0 aliphatic heterocycles. The maximum absolute atomic E-state index is 11.2. The van der Waals surface area contributed by atoms with E-state index in [4.69, 9.17) is 10.2 Å². The predicted octanol–water partition coefficient (Wildman–Crippen LogP) is -1.45. The maximum atomic E-state index is 11.2. The highest BCUT2D eigenvalue weighted by molar-refractivity contribution is 7.90. The van der Waals surface area contributed by atoms with E-state index in [1.54, 1.807) is 0 Å². The highest BCUT2D eigenvalue weighted by Gasteiger charge is 2.15. The lowest BCUT2D eigenvalue weighted by molar-refractivity contribution is -0.146. The van der Waals surface area contributed by atoms with Crippen LogP contribution in [0, 0.1) is 0 Å². The van der Waals surface area contributed by atoms with Crippen LogP contribution in [0.4, 0.5) is 4.79 Å². The van der Waals surface area contributed by atoms with Crippen molar-refractivity contribution in [3.05, 3.63) is 0 Å². The molecule has 1 unspecified atom stereocenters. The van der Waals surface area contributed by atoms with Gasteiger partial charge in [0.1, 0.15) is 9.84 Å². The second-order valence-corrected chi connectivity index (χ2v) is 6.22. The van der Waals surface area contributed by atoms with Gasteiger partial charge >= 0.3 is 12.0 Å². The summed E-state index contributed by atoms with van der Waals surface area (Å²) in [5.74, 6) is -1.54. The first kappa shape index (κ1) is 16.6. The second-order valence-electron chi connectivity index (χ2n) is 4.04. The summed E-state index contributed by atoms with van der Waals surface area (Å²) in [5, 5.41) is 22.0. The highest BCUT2D eigenvalue weighted by Crippen LogP contribution is 1.91. The topological polar surface area (TPSA) is 133 Å². The molecule has 0 spiro atoms. The van der Waals surface area contributed by atoms with Crippen molar-refractivity contribution in [2.24, 2.45) is 0 Å². The van der Waals surface area contributed by atoms with Crippen molar-refractivity contribution in [2.75, 3.05) is 18.6 Å². The number of carbonyl (C=O) groups excluding carboxylic acids is 1. The van der Waals surface area contributed by atoms with Gasteiger partial charge in [0.15, 0.2) is 6.10 Å². The average molecular weight is 282 g/mol. The summed E-state index contributed by atoms with van der Waals surface area (Å²) < 4.78 is 21.9. The smallest absolute Gasteiger partial charge is 0.332 e. The number of carboxylic acids is 1. The molecule has 2 amide bonds. The first-order chi connectivity index (χ1) is 8.11. The van der Waals surface area contributed by atoms with Gasteiger partial charge in [-0.05, 0) is 6.92 Å². The summed E-state index contributed by atoms with van der Waals surface area (Å²) in [7, 11) is -3.17. The standard InChI is InChI=1S/C9H18N2O6S/c1-6(5-18(2,16)17)11-9(15)10-4-3-7(12)8(13)14/h6-7,12H,3-5H2,1-2H3,(H,13,14)(H2,10,11,15)/t6?,7-/m0/s1. The van der Waals surface area contributed by atoms with E-state index >= 15 is 0 Å². The van der Waals surface area contributed by atoms with Gasteiger partial charge in [-0.15, -0.1) is 0 Å². The Kier molecular flexibility index (Phi) is 6.63. The average Bonchev–Trinajstić information content (AvgIpc) is 2.13. The van der Waals surface area contributed by atoms with Gasteiger partial charge in [0.25, 0.3) is 0 Å². The van der Waals surface area contributed by atoms with E-state index < -0.39 is 34.0 Å². The van der Waals surface area contributed by atoms with Gasteiger partial charge < -0.3 is 20.8 Å². The molecule has 2 atom stereocenters. The van der Waals surface area contributed by atoms with E-state index in [1.807, 2.05) is 0 Å². The Balaban J connectivity index is 3.88. The minimum absolute atomic E-state index is 0.0229. The van der Waals surface area contributed by atoms with Crippen molar-refractivity contribution in [1.29, 1.82) is 0 Å². The summed E-state index contributed by atoms with van der Waals surface area (Å²) in [4.78, 5) is 21.5. The van der Waals surface area contributed by atoms with Gasteiger partial charge in [0.2, 0.25) is 0 Å². The number of carbonyl (C=O) groups is 2. The fourth-order valence-corrected chi connectivity index (χ4v) is 2.21. The summed E-state index contributed by atoms with van der Waals surface area (Å²) >= 11 is 0. The van der Waals surface area contributed by atoms with Gasteiger partial charge in [-0.2, -0.15) is 0 Å². The van der Waals surface area contributed by atoms with E-state index in [0.717, 1.165) is 6.26 Å². The van der Waals surface area contributed by atoms with Crippen molar-refractivity contribution in [3.63, 3.8) is 0 Å². The molecule has 8 nitrogen and oxygen atoms in total. The van der Waals surface area contributed by atoms with Crippen molar-refractivity contribution < 1.29 is 28.2 Å². The SMILES string of the molecule is CC(CS(C)(=O)=O)NC(=O)NCC[C@H](O)C(=O)O. The van der Waals surface area contributed by atoms with Crippen molar-refractivity contribution in [3.8, 4) is 0 Å². The zero-order valence-corrected chi connectivity index (χ0v) is 11.0. The quantitative estimate of drug-likeness (QED) is 0.452. The number of aliphatic carboxylic acids is 1. The molecule has 0 radical (unpaired) electrons. The number of sulfone groups is 1. The van der Waals surface area contributed by atoms with E-state index in [0.29, 0.717) is 0 Å². The number of rotatable bonds is 7. The van der Waals surface area contributed by atoms with E-state index in [-0.39, 0.29) is 18.7 Å². The maximum Gasteiger partial charge on any atom is 0.332 e. The zero-order chi connectivity index (χ0) is 14.3. The Hall–Kier alpha value is -1.35. The van der Waals surface area contributed by atoms with Crippen LogP contribution in [0.15, 0.2) is 0 Å². The third kappa shape index (κ3) is 8.76. The minimum atomic E-state index is -3.17. The molecular formula is C9H18N2O6S. The number of urea groups is 1. The first-order valence-corrected chi connectivity index (χ1v) is 7.31. The summed E-state index contributed by atoms with van der Waals surface area (Å²) in [6.45, 7) is 1.51. The predicted molar refractivity (Wildman–Crippen MR) is 64.0 cm³/mol. The van der Waals surface area contributed by atoms with Crippen LogP contribution >= 0.6 is 0 Å². The molecule has 0 heterocycles. The molecule has 4 N–H and O–H groups in total. The van der Waals surface area contributed by atoms with Crippen LogP contribution < -0.4 is 10.6 Å². The summed E-state index contributed by atoms with van der Waals surface area (Å²) in [6, 6.07) is -1.16. The molecule has 0 aromatic heterocycles. The van der Waals surface area contributed by atoms with Crippen LogP contribution in [0.3, 0.4) is 0 Å².